The molecule has 4 rings (SSSR count). The molecule has 0 radical (unpaired) electrons. The predicted molar refractivity (Wildman–Crippen MR) is 135 cm³/mol. The highest BCUT2D eigenvalue weighted by Crippen LogP contribution is 2.23. The molecule has 4 aromatic rings. The van der Waals surface area contributed by atoms with Gasteiger partial charge in [-0.15, -0.1) is 0 Å². The molecular weight excluding hydrogens is 446 g/mol. The third kappa shape index (κ3) is 6.00. The van der Waals surface area contributed by atoms with Crippen molar-refractivity contribution < 1.29 is 9.53 Å². The van der Waals surface area contributed by atoms with E-state index in [4.69, 9.17) is 21.6 Å². The van der Waals surface area contributed by atoms with Gasteiger partial charge in [-0.2, -0.15) is 5.26 Å². The van der Waals surface area contributed by atoms with Gasteiger partial charge in [0, 0.05) is 22.5 Å². The van der Waals surface area contributed by atoms with Crippen LogP contribution in [0.25, 0.3) is 22.6 Å². The van der Waals surface area contributed by atoms with Gasteiger partial charge in [0.15, 0.2) is 0 Å². The summed E-state index contributed by atoms with van der Waals surface area (Å²) in [5.74, 6) is 0.425. The number of ether oxygens (including phenoxy) is 1. The van der Waals surface area contributed by atoms with Crippen molar-refractivity contribution in [3.63, 3.8) is 0 Å². The third-order valence-corrected chi connectivity index (χ3v) is 5.41. The van der Waals surface area contributed by atoms with Crippen LogP contribution in [0.2, 0.25) is 5.02 Å². The highest BCUT2D eigenvalue weighted by Gasteiger charge is 2.12. The predicted octanol–water partition coefficient (Wildman–Crippen LogP) is 6.04. The van der Waals surface area contributed by atoms with E-state index in [2.05, 4.69) is 10.3 Å². The summed E-state index contributed by atoms with van der Waals surface area (Å²) in [7, 11) is 0. The summed E-state index contributed by atoms with van der Waals surface area (Å²) in [4.78, 5) is 17.5. The van der Waals surface area contributed by atoms with Crippen molar-refractivity contribution in [1.82, 2.24) is 10.3 Å². The molecule has 0 aliphatic heterocycles. The summed E-state index contributed by atoms with van der Waals surface area (Å²) in [6.45, 7) is 0.625. The van der Waals surface area contributed by atoms with Gasteiger partial charge in [-0.1, -0.05) is 60.1 Å². The number of nitriles is 1. The number of halogens is 1. The molecule has 3 aromatic carbocycles. The van der Waals surface area contributed by atoms with E-state index in [-0.39, 0.29) is 18.9 Å². The van der Waals surface area contributed by atoms with Crippen LogP contribution in [0, 0.1) is 11.3 Å². The summed E-state index contributed by atoms with van der Waals surface area (Å²) >= 11 is 5.98. The van der Waals surface area contributed by atoms with Gasteiger partial charge in [0.05, 0.1) is 23.7 Å². The van der Waals surface area contributed by atoms with Crippen LogP contribution in [0.1, 0.15) is 23.2 Å². The van der Waals surface area contributed by atoms with Crippen molar-refractivity contribution in [1.29, 1.82) is 5.26 Å². The van der Waals surface area contributed by atoms with Gasteiger partial charge in [-0.25, -0.2) is 4.98 Å². The SMILES string of the molecule is N#CCCNC(=O)/C(=C/c1ccc(Cl)cc1)c1ccc(OCc2ccc3ccccc3n2)cc1. The summed E-state index contributed by atoms with van der Waals surface area (Å²) in [6.07, 6.45) is 2.04. The first-order valence-electron chi connectivity index (χ1n) is 10.8. The lowest BCUT2D eigenvalue weighted by Gasteiger charge is -2.11. The van der Waals surface area contributed by atoms with Crippen LogP contribution in [-0.4, -0.2) is 17.4 Å². The van der Waals surface area contributed by atoms with Gasteiger partial charge in [-0.05, 0) is 53.6 Å². The maximum absolute atomic E-state index is 12.8. The van der Waals surface area contributed by atoms with E-state index in [0.717, 1.165) is 27.7 Å². The van der Waals surface area contributed by atoms with Crippen molar-refractivity contribution >= 4 is 40.1 Å². The molecule has 0 unspecified atom stereocenters. The van der Waals surface area contributed by atoms with Crippen molar-refractivity contribution in [3.05, 3.63) is 107 Å². The van der Waals surface area contributed by atoms with Crippen molar-refractivity contribution in [3.8, 4) is 11.8 Å². The molecule has 34 heavy (non-hydrogen) atoms. The number of hydrogen-bond donors (Lipinski definition) is 1. The second kappa shape index (κ2) is 11.1. The Hall–Kier alpha value is -4.14. The van der Waals surface area contributed by atoms with Gasteiger partial charge in [0.1, 0.15) is 12.4 Å². The summed E-state index contributed by atoms with van der Waals surface area (Å²) in [6, 6.07) is 28.5. The Bertz CT molecular complexity index is 1360. The molecule has 1 amide bonds. The van der Waals surface area contributed by atoms with Crippen molar-refractivity contribution in [2.75, 3.05) is 6.54 Å². The largest absolute Gasteiger partial charge is 0.487 e. The number of amides is 1. The summed E-state index contributed by atoms with van der Waals surface area (Å²) in [5, 5.41) is 13.3. The first-order chi connectivity index (χ1) is 16.6. The number of aromatic nitrogens is 1. The molecule has 1 aromatic heterocycles. The molecule has 0 saturated carbocycles. The molecule has 0 spiro atoms. The first-order valence-corrected chi connectivity index (χ1v) is 11.2. The minimum atomic E-state index is -0.251. The Kier molecular flexibility index (Phi) is 7.54. The Morgan fingerprint density at radius 2 is 1.76 bits per heavy atom. The van der Waals surface area contributed by atoms with E-state index < -0.39 is 0 Å². The average Bonchev–Trinajstić information content (AvgIpc) is 2.87. The van der Waals surface area contributed by atoms with Gasteiger partial charge >= 0.3 is 0 Å². The van der Waals surface area contributed by atoms with E-state index in [1.807, 2.05) is 78.9 Å². The van der Waals surface area contributed by atoms with E-state index in [9.17, 15) is 4.79 Å². The van der Waals surface area contributed by atoms with Crippen LogP contribution in [0.15, 0.2) is 84.9 Å². The minimum absolute atomic E-state index is 0.246. The summed E-state index contributed by atoms with van der Waals surface area (Å²) in [5.41, 5.74) is 3.84. The molecule has 1 heterocycles. The molecule has 168 valence electrons. The molecule has 6 heteroatoms. The number of para-hydroxylation sites is 1. The molecule has 0 aliphatic carbocycles. The zero-order valence-electron chi connectivity index (χ0n) is 18.4. The highest BCUT2D eigenvalue weighted by molar-refractivity contribution is 6.30. The zero-order chi connectivity index (χ0) is 23.8. The lowest BCUT2D eigenvalue weighted by atomic mass is 10.0. The first kappa shape index (κ1) is 23.0. The fraction of sp³-hybridized carbons (Fsp3) is 0.107. The number of rotatable bonds is 8. The number of benzene rings is 3. The van der Waals surface area contributed by atoms with Crippen LogP contribution >= 0.6 is 11.6 Å². The van der Waals surface area contributed by atoms with Crippen LogP contribution < -0.4 is 10.1 Å². The topological polar surface area (TPSA) is 75.0 Å². The minimum Gasteiger partial charge on any atom is -0.487 e. The third-order valence-electron chi connectivity index (χ3n) is 5.16. The Morgan fingerprint density at radius 3 is 2.53 bits per heavy atom. The van der Waals surface area contributed by atoms with Gasteiger partial charge in [0.2, 0.25) is 0 Å². The normalized spacial score (nSPS) is 11.1. The van der Waals surface area contributed by atoms with Gasteiger partial charge < -0.3 is 10.1 Å². The van der Waals surface area contributed by atoms with Crippen LogP contribution in [0.5, 0.6) is 5.75 Å². The van der Waals surface area contributed by atoms with Crippen LogP contribution in [-0.2, 0) is 11.4 Å². The second-order valence-corrected chi connectivity index (χ2v) is 8.02. The van der Waals surface area contributed by atoms with Gasteiger partial charge in [0.25, 0.3) is 5.91 Å². The zero-order valence-corrected chi connectivity index (χ0v) is 19.1. The second-order valence-electron chi connectivity index (χ2n) is 7.58. The number of hydrogen-bond acceptors (Lipinski definition) is 4. The van der Waals surface area contributed by atoms with E-state index in [0.29, 0.717) is 23.0 Å². The fourth-order valence-corrected chi connectivity index (χ4v) is 3.54. The monoisotopic (exact) mass is 467 g/mol. The standard InChI is InChI=1S/C28H22ClN3O2/c29-23-11-6-20(7-12-23)18-26(28(33)31-17-3-16-30)21-9-14-25(15-10-21)34-19-24-13-8-22-4-1-2-5-27(22)32-24/h1-2,4-15,18H,3,17,19H2,(H,31,33)/b26-18+. The van der Waals surface area contributed by atoms with Crippen molar-refractivity contribution in [2.45, 2.75) is 13.0 Å². The van der Waals surface area contributed by atoms with Crippen molar-refractivity contribution in [2.24, 2.45) is 0 Å². The van der Waals surface area contributed by atoms with E-state index in [1.165, 1.54) is 0 Å². The smallest absolute Gasteiger partial charge is 0.251 e. The molecular formula is C28H22ClN3O2. The quantitative estimate of drug-likeness (QED) is 0.195. The molecule has 0 saturated heterocycles. The molecule has 1 N–H and O–H groups in total. The number of carbonyl (C=O) groups excluding carboxylic acids is 1. The number of pyridine rings is 1. The van der Waals surface area contributed by atoms with Gasteiger partial charge in [-0.3, -0.25) is 4.79 Å². The van der Waals surface area contributed by atoms with Crippen LogP contribution in [0.3, 0.4) is 0 Å². The molecule has 0 fully saturated rings. The Balaban J connectivity index is 1.50. The Morgan fingerprint density at radius 1 is 1.00 bits per heavy atom. The average molecular weight is 468 g/mol. The fourth-order valence-electron chi connectivity index (χ4n) is 3.41. The molecule has 0 atom stereocenters. The number of carbonyl (C=O) groups is 1. The van der Waals surface area contributed by atoms with E-state index >= 15 is 0 Å². The molecule has 0 bridgehead atoms. The molecule has 0 aliphatic rings. The maximum Gasteiger partial charge on any atom is 0.251 e. The molecule has 5 nitrogen and oxygen atoms in total. The van der Waals surface area contributed by atoms with Crippen LogP contribution in [0.4, 0.5) is 0 Å². The number of fused-ring (bicyclic) bond motifs is 1. The maximum atomic E-state index is 12.8. The lowest BCUT2D eigenvalue weighted by Crippen LogP contribution is -2.25. The van der Waals surface area contributed by atoms with E-state index in [1.54, 1.807) is 18.2 Å². The number of nitrogens with zero attached hydrogens (tertiary/aromatic N) is 2. The highest BCUT2D eigenvalue weighted by atomic mass is 35.5. The Labute approximate surface area is 203 Å². The summed E-state index contributed by atoms with van der Waals surface area (Å²) < 4.78 is 5.91. The number of nitrogens with one attached hydrogen (secondary N) is 1. The lowest BCUT2D eigenvalue weighted by molar-refractivity contribution is -0.115.